The van der Waals surface area contributed by atoms with Crippen LogP contribution in [-0.2, 0) is 0 Å². The van der Waals surface area contributed by atoms with Crippen LogP contribution >= 0.6 is 27.5 Å². The molecule has 1 heterocycles. The number of aromatic nitrogens is 1. The third-order valence-corrected chi connectivity index (χ3v) is 2.53. The van der Waals surface area contributed by atoms with Gasteiger partial charge < -0.3 is 0 Å². The molecule has 66 valence electrons. The third-order valence-electron chi connectivity index (χ3n) is 1.71. The Morgan fingerprint density at radius 2 is 2.15 bits per heavy atom. The standard InChI is InChI=1S/C9H4BrClFN/c10-7-2-1-5-3-6(11)4-13-9(5)8(7)12/h1-4H. The van der Waals surface area contributed by atoms with Crippen molar-refractivity contribution in [1.82, 2.24) is 4.98 Å². The second kappa shape index (κ2) is 3.24. The molecule has 4 heteroatoms. The number of hydrogen-bond donors (Lipinski definition) is 0. The Kier molecular flexibility index (Phi) is 2.22. The van der Waals surface area contributed by atoms with Crippen molar-refractivity contribution in [3.63, 3.8) is 0 Å². The molecule has 0 aliphatic rings. The first-order valence-corrected chi connectivity index (χ1v) is 4.75. The highest BCUT2D eigenvalue weighted by Gasteiger charge is 2.05. The lowest BCUT2D eigenvalue weighted by Gasteiger charge is -2.00. The Balaban J connectivity index is 2.87. The van der Waals surface area contributed by atoms with Crippen molar-refractivity contribution in [2.75, 3.05) is 0 Å². The highest BCUT2D eigenvalue weighted by Crippen LogP contribution is 2.24. The smallest absolute Gasteiger partial charge is 0.163 e. The summed E-state index contributed by atoms with van der Waals surface area (Å²) in [4.78, 5) is 3.90. The van der Waals surface area contributed by atoms with Gasteiger partial charge in [-0.1, -0.05) is 17.7 Å². The Labute approximate surface area is 87.7 Å². The predicted octanol–water partition coefficient (Wildman–Crippen LogP) is 3.79. The van der Waals surface area contributed by atoms with Crippen molar-refractivity contribution < 1.29 is 4.39 Å². The van der Waals surface area contributed by atoms with Gasteiger partial charge in [-0.15, -0.1) is 0 Å². The van der Waals surface area contributed by atoms with Crippen LogP contribution in [0.5, 0.6) is 0 Å². The summed E-state index contributed by atoms with van der Waals surface area (Å²) in [5, 5.41) is 1.21. The van der Waals surface area contributed by atoms with Gasteiger partial charge in [-0.3, -0.25) is 4.98 Å². The highest BCUT2D eigenvalue weighted by molar-refractivity contribution is 9.10. The van der Waals surface area contributed by atoms with Crippen molar-refractivity contribution in [2.24, 2.45) is 0 Å². The zero-order valence-electron chi connectivity index (χ0n) is 6.39. The molecule has 0 saturated heterocycles. The van der Waals surface area contributed by atoms with Crippen LogP contribution in [0.15, 0.2) is 28.9 Å². The van der Waals surface area contributed by atoms with E-state index in [2.05, 4.69) is 20.9 Å². The molecule has 0 N–H and O–H groups in total. The molecule has 0 unspecified atom stereocenters. The molecule has 2 aromatic rings. The first kappa shape index (κ1) is 8.91. The van der Waals surface area contributed by atoms with E-state index in [4.69, 9.17) is 11.6 Å². The number of pyridine rings is 1. The van der Waals surface area contributed by atoms with E-state index in [1.807, 2.05) is 0 Å². The lowest BCUT2D eigenvalue weighted by Crippen LogP contribution is -1.85. The van der Waals surface area contributed by atoms with Crippen molar-refractivity contribution in [3.05, 3.63) is 39.7 Å². The molecule has 0 aliphatic heterocycles. The predicted molar refractivity (Wildman–Crippen MR) is 54.4 cm³/mol. The summed E-state index contributed by atoms with van der Waals surface area (Å²) in [5.41, 5.74) is 0.332. The minimum absolute atomic E-state index is 0.332. The van der Waals surface area contributed by atoms with Crippen molar-refractivity contribution >= 4 is 38.4 Å². The largest absolute Gasteiger partial charge is 0.252 e. The van der Waals surface area contributed by atoms with E-state index < -0.39 is 0 Å². The summed E-state index contributed by atoms with van der Waals surface area (Å²) in [6.45, 7) is 0. The molecule has 0 spiro atoms. The number of benzene rings is 1. The van der Waals surface area contributed by atoms with Gasteiger partial charge >= 0.3 is 0 Å². The molecule has 13 heavy (non-hydrogen) atoms. The molecule has 1 aromatic heterocycles. The molecule has 0 fully saturated rings. The summed E-state index contributed by atoms with van der Waals surface area (Å²) >= 11 is 8.80. The fourth-order valence-electron chi connectivity index (χ4n) is 1.11. The van der Waals surface area contributed by atoms with Gasteiger partial charge in [0.25, 0.3) is 0 Å². The fraction of sp³-hybridized carbons (Fsp3) is 0. The maximum Gasteiger partial charge on any atom is 0.163 e. The first-order valence-electron chi connectivity index (χ1n) is 3.58. The second-order valence-electron chi connectivity index (χ2n) is 2.59. The van der Waals surface area contributed by atoms with Gasteiger partial charge in [0.1, 0.15) is 5.52 Å². The van der Waals surface area contributed by atoms with Crippen molar-refractivity contribution in [3.8, 4) is 0 Å². The average molecular weight is 260 g/mol. The quantitative estimate of drug-likeness (QED) is 0.702. The molecule has 0 bridgehead atoms. The Hall–Kier alpha value is -0.670. The average Bonchev–Trinajstić information content (AvgIpc) is 2.12. The van der Waals surface area contributed by atoms with Crippen LogP contribution in [-0.4, -0.2) is 4.98 Å². The monoisotopic (exact) mass is 259 g/mol. The highest BCUT2D eigenvalue weighted by atomic mass is 79.9. The topological polar surface area (TPSA) is 12.9 Å². The zero-order valence-corrected chi connectivity index (χ0v) is 8.73. The molecular formula is C9H4BrClFN. The van der Waals surface area contributed by atoms with Gasteiger partial charge in [0, 0.05) is 11.6 Å². The molecule has 0 atom stereocenters. The van der Waals surface area contributed by atoms with Gasteiger partial charge in [-0.2, -0.15) is 0 Å². The summed E-state index contributed by atoms with van der Waals surface area (Å²) in [5.74, 6) is -0.353. The van der Waals surface area contributed by atoms with Gasteiger partial charge in [0.05, 0.1) is 9.50 Å². The molecule has 0 aliphatic carbocycles. The molecule has 1 aromatic carbocycles. The van der Waals surface area contributed by atoms with Crippen LogP contribution in [0.1, 0.15) is 0 Å². The van der Waals surface area contributed by atoms with E-state index in [0.717, 1.165) is 0 Å². The van der Waals surface area contributed by atoms with Crippen LogP contribution in [0.4, 0.5) is 4.39 Å². The zero-order chi connectivity index (χ0) is 9.42. The van der Waals surface area contributed by atoms with Crippen molar-refractivity contribution in [1.29, 1.82) is 0 Å². The molecule has 0 radical (unpaired) electrons. The van der Waals surface area contributed by atoms with E-state index in [1.165, 1.54) is 6.20 Å². The van der Waals surface area contributed by atoms with Gasteiger partial charge in [0.15, 0.2) is 5.82 Å². The van der Waals surface area contributed by atoms with Crippen LogP contribution < -0.4 is 0 Å². The van der Waals surface area contributed by atoms with Gasteiger partial charge in [-0.05, 0) is 28.1 Å². The van der Waals surface area contributed by atoms with Crippen molar-refractivity contribution in [2.45, 2.75) is 0 Å². The van der Waals surface area contributed by atoms with Crippen LogP contribution in [0.3, 0.4) is 0 Å². The number of halogens is 3. The number of fused-ring (bicyclic) bond motifs is 1. The summed E-state index contributed by atoms with van der Waals surface area (Å²) in [6, 6.07) is 5.08. The minimum atomic E-state index is -0.353. The molecular weight excluding hydrogens is 256 g/mol. The maximum atomic E-state index is 13.4. The summed E-state index contributed by atoms with van der Waals surface area (Å²) in [7, 11) is 0. The minimum Gasteiger partial charge on any atom is -0.252 e. The molecule has 0 amide bonds. The number of rotatable bonds is 0. The first-order chi connectivity index (χ1) is 6.18. The number of hydrogen-bond acceptors (Lipinski definition) is 1. The fourth-order valence-corrected chi connectivity index (χ4v) is 1.60. The lowest BCUT2D eigenvalue weighted by molar-refractivity contribution is 0.630. The third kappa shape index (κ3) is 1.54. The maximum absolute atomic E-state index is 13.4. The normalized spacial score (nSPS) is 10.7. The van der Waals surface area contributed by atoms with Crippen LogP contribution in [0.2, 0.25) is 5.02 Å². The van der Waals surface area contributed by atoms with Crippen LogP contribution in [0, 0.1) is 5.82 Å². The Morgan fingerprint density at radius 3 is 2.92 bits per heavy atom. The second-order valence-corrected chi connectivity index (χ2v) is 3.88. The van der Waals surface area contributed by atoms with E-state index in [-0.39, 0.29) is 5.82 Å². The Bertz CT molecular complexity index is 472. The molecule has 0 saturated carbocycles. The van der Waals surface area contributed by atoms with E-state index in [9.17, 15) is 4.39 Å². The van der Waals surface area contributed by atoms with E-state index in [1.54, 1.807) is 18.2 Å². The van der Waals surface area contributed by atoms with Gasteiger partial charge in [-0.25, -0.2) is 4.39 Å². The van der Waals surface area contributed by atoms with E-state index in [0.29, 0.717) is 20.4 Å². The van der Waals surface area contributed by atoms with E-state index >= 15 is 0 Å². The summed E-state index contributed by atoms with van der Waals surface area (Å²) < 4.78 is 13.8. The molecule has 1 nitrogen and oxygen atoms in total. The van der Waals surface area contributed by atoms with Crippen LogP contribution in [0.25, 0.3) is 10.9 Å². The lowest BCUT2D eigenvalue weighted by atomic mass is 10.2. The SMILES string of the molecule is Fc1c(Br)ccc2cc(Cl)cnc12. The Morgan fingerprint density at radius 1 is 1.38 bits per heavy atom. The number of nitrogens with zero attached hydrogens (tertiary/aromatic N) is 1. The summed E-state index contributed by atoms with van der Waals surface area (Å²) in [6.07, 6.45) is 1.43. The molecule has 2 rings (SSSR count). The van der Waals surface area contributed by atoms with Gasteiger partial charge in [0.2, 0.25) is 0 Å².